The van der Waals surface area contributed by atoms with E-state index in [4.69, 9.17) is 4.74 Å². The van der Waals surface area contributed by atoms with Crippen LogP contribution in [-0.2, 0) is 0 Å². The van der Waals surface area contributed by atoms with Crippen LogP contribution in [0.25, 0.3) is 5.82 Å². The average molecular weight is 313 g/mol. The molecule has 0 fully saturated rings. The Morgan fingerprint density at radius 1 is 1.44 bits per heavy atom. The number of ether oxygens (including phenoxy) is 1. The van der Waals surface area contributed by atoms with Crippen molar-refractivity contribution in [3.63, 3.8) is 0 Å². The van der Waals surface area contributed by atoms with Crippen LogP contribution < -0.4 is 4.74 Å². The molecule has 0 spiro atoms. The summed E-state index contributed by atoms with van der Waals surface area (Å²) in [6.45, 7) is 1.78. The number of aromatic nitrogens is 3. The van der Waals surface area contributed by atoms with E-state index in [1.54, 1.807) is 13.1 Å². The molecule has 0 N–H and O–H groups in total. The van der Waals surface area contributed by atoms with Crippen molar-refractivity contribution in [3.05, 3.63) is 38.9 Å². The maximum Gasteiger partial charge on any atom is 0.312 e. The van der Waals surface area contributed by atoms with Crippen LogP contribution in [0, 0.1) is 17.0 Å². The maximum absolute atomic E-state index is 11.0. The smallest absolute Gasteiger partial charge is 0.312 e. The Hall–Kier alpha value is -1.96. The van der Waals surface area contributed by atoms with Gasteiger partial charge in [-0.25, -0.2) is 4.98 Å². The number of rotatable bonds is 3. The molecule has 2 aromatic rings. The van der Waals surface area contributed by atoms with Crippen molar-refractivity contribution in [3.8, 4) is 11.7 Å². The van der Waals surface area contributed by atoms with E-state index in [1.165, 1.54) is 23.8 Å². The van der Waals surface area contributed by atoms with Crippen molar-refractivity contribution >= 4 is 21.6 Å². The predicted molar refractivity (Wildman–Crippen MR) is 67.0 cm³/mol. The molecule has 0 saturated carbocycles. The second-order valence-corrected chi connectivity index (χ2v) is 4.18. The zero-order valence-corrected chi connectivity index (χ0v) is 11.2. The van der Waals surface area contributed by atoms with Gasteiger partial charge in [-0.2, -0.15) is 4.98 Å². The lowest BCUT2D eigenvalue weighted by molar-refractivity contribution is -0.384. The van der Waals surface area contributed by atoms with Crippen LogP contribution in [0.3, 0.4) is 0 Å². The summed E-state index contributed by atoms with van der Waals surface area (Å²) in [5.41, 5.74) is 0.606. The van der Waals surface area contributed by atoms with Crippen LogP contribution >= 0.6 is 15.9 Å². The molecule has 18 heavy (non-hydrogen) atoms. The summed E-state index contributed by atoms with van der Waals surface area (Å²) in [7, 11) is 1.45. The summed E-state index contributed by atoms with van der Waals surface area (Å²) in [4.78, 5) is 18.7. The molecule has 8 heteroatoms. The number of hydrogen-bond donors (Lipinski definition) is 0. The molecule has 0 aromatic carbocycles. The summed E-state index contributed by atoms with van der Waals surface area (Å²) >= 11 is 3.23. The van der Waals surface area contributed by atoms with Gasteiger partial charge in [0, 0.05) is 18.3 Å². The molecule has 2 aromatic heterocycles. The lowest BCUT2D eigenvalue weighted by atomic mass is 10.4. The third-order valence-electron chi connectivity index (χ3n) is 2.25. The summed E-state index contributed by atoms with van der Waals surface area (Å²) in [6.07, 6.45) is 1.65. The van der Waals surface area contributed by atoms with E-state index in [1.807, 2.05) is 0 Å². The number of aryl methyl sites for hydroxylation is 1. The molecule has 0 aliphatic heterocycles. The molecule has 0 bridgehead atoms. The summed E-state index contributed by atoms with van der Waals surface area (Å²) < 4.78 is 6.92. The number of imidazole rings is 1. The molecular formula is C10H9BrN4O3. The van der Waals surface area contributed by atoms with Crippen molar-refractivity contribution < 1.29 is 9.66 Å². The summed E-state index contributed by atoms with van der Waals surface area (Å²) in [5, 5.41) is 11.0. The topological polar surface area (TPSA) is 83.1 Å². The van der Waals surface area contributed by atoms with Gasteiger partial charge in [-0.1, -0.05) is 0 Å². The van der Waals surface area contributed by atoms with Gasteiger partial charge >= 0.3 is 5.69 Å². The van der Waals surface area contributed by atoms with E-state index in [-0.39, 0.29) is 11.5 Å². The number of hydrogen-bond acceptors (Lipinski definition) is 5. The Morgan fingerprint density at radius 2 is 2.17 bits per heavy atom. The van der Waals surface area contributed by atoms with E-state index in [0.29, 0.717) is 10.6 Å². The quantitative estimate of drug-likeness (QED) is 0.641. The monoisotopic (exact) mass is 312 g/mol. The highest BCUT2D eigenvalue weighted by molar-refractivity contribution is 9.10. The zero-order chi connectivity index (χ0) is 13.3. The first-order chi connectivity index (χ1) is 8.52. The Bertz CT molecular complexity index is 611. The van der Waals surface area contributed by atoms with Crippen LogP contribution in [0.4, 0.5) is 5.69 Å². The fourth-order valence-corrected chi connectivity index (χ4v) is 2.02. The first-order valence-corrected chi connectivity index (χ1v) is 5.73. The molecule has 0 saturated heterocycles. The Kier molecular flexibility index (Phi) is 3.28. The van der Waals surface area contributed by atoms with Crippen LogP contribution in [-0.4, -0.2) is 26.6 Å². The molecule has 7 nitrogen and oxygen atoms in total. The number of nitrogens with zero attached hydrogens (tertiary/aromatic N) is 4. The van der Waals surface area contributed by atoms with Crippen LogP contribution in [0.5, 0.6) is 5.88 Å². The highest BCUT2D eigenvalue weighted by Crippen LogP contribution is 2.26. The van der Waals surface area contributed by atoms with Crippen molar-refractivity contribution in [2.45, 2.75) is 6.92 Å². The first kappa shape index (κ1) is 12.5. The van der Waals surface area contributed by atoms with Crippen molar-refractivity contribution in [2.24, 2.45) is 0 Å². The maximum atomic E-state index is 11.0. The van der Waals surface area contributed by atoms with Gasteiger partial charge in [0.05, 0.1) is 17.7 Å². The summed E-state index contributed by atoms with van der Waals surface area (Å²) in [5.74, 6) is 0.459. The number of pyridine rings is 1. The third kappa shape index (κ3) is 2.19. The Labute approximate surface area is 111 Å². The minimum atomic E-state index is -0.496. The molecule has 0 amide bonds. The second kappa shape index (κ2) is 4.73. The third-order valence-corrected chi connectivity index (χ3v) is 2.81. The minimum Gasteiger partial charge on any atom is -0.481 e. The standard InChI is InChI=1S/C10H9BrN4O3/c1-6-5-14(10(11)12-6)9-7(15(16)17)3-4-8(13-9)18-2/h3-5H,1-2H3. The number of nitro groups is 1. The van der Waals surface area contributed by atoms with Crippen molar-refractivity contribution in [2.75, 3.05) is 7.11 Å². The normalized spacial score (nSPS) is 10.4. The van der Waals surface area contributed by atoms with Crippen molar-refractivity contribution in [1.82, 2.24) is 14.5 Å². The Morgan fingerprint density at radius 3 is 2.67 bits per heavy atom. The van der Waals surface area contributed by atoms with Gasteiger partial charge in [0.15, 0.2) is 4.73 Å². The van der Waals surface area contributed by atoms with Gasteiger partial charge in [-0.3, -0.25) is 14.7 Å². The van der Waals surface area contributed by atoms with Gasteiger partial charge in [0.2, 0.25) is 11.7 Å². The van der Waals surface area contributed by atoms with Gasteiger partial charge in [-0.15, -0.1) is 0 Å². The molecule has 0 radical (unpaired) electrons. The number of methoxy groups -OCH3 is 1. The van der Waals surface area contributed by atoms with E-state index in [9.17, 15) is 10.1 Å². The minimum absolute atomic E-state index is 0.117. The highest BCUT2D eigenvalue weighted by Gasteiger charge is 2.20. The predicted octanol–water partition coefficient (Wildman–Crippen LogP) is 2.26. The fourth-order valence-electron chi connectivity index (χ4n) is 1.47. The van der Waals surface area contributed by atoms with Crippen LogP contribution in [0.1, 0.15) is 5.69 Å². The van der Waals surface area contributed by atoms with E-state index >= 15 is 0 Å². The lowest BCUT2D eigenvalue weighted by Crippen LogP contribution is -2.03. The molecule has 0 unspecified atom stereocenters. The molecule has 2 heterocycles. The molecule has 94 valence electrons. The second-order valence-electron chi connectivity index (χ2n) is 3.47. The van der Waals surface area contributed by atoms with E-state index in [0.717, 1.165) is 5.69 Å². The largest absolute Gasteiger partial charge is 0.481 e. The van der Waals surface area contributed by atoms with Crippen LogP contribution in [0.2, 0.25) is 0 Å². The molecule has 0 aliphatic rings. The Balaban J connectivity index is 2.67. The van der Waals surface area contributed by atoms with Gasteiger partial charge < -0.3 is 4.74 Å². The fraction of sp³-hybridized carbons (Fsp3) is 0.200. The number of halogens is 1. The SMILES string of the molecule is COc1ccc([N+](=O)[O-])c(-n2cc(C)nc2Br)n1. The molecule has 0 atom stereocenters. The lowest BCUT2D eigenvalue weighted by Gasteiger charge is -2.06. The molecular weight excluding hydrogens is 304 g/mol. The van der Waals surface area contributed by atoms with Crippen molar-refractivity contribution in [1.29, 1.82) is 0 Å². The summed E-state index contributed by atoms with van der Waals surface area (Å²) in [6, 6.07) is 2.79. The highest BCUT2D eigenvalue weighted by atomic mass is 79.9. The van der Waals surface area contributed by atoms with Crippen LogP contribution in [0.15, 0.2) is 23.1 Å². The van der Waals surface area contributed by atoms with E-state index in [2.05, 4.69) is 25.9 Å². The van der Waals surface area contributed by atoms with Gasteiger partial charge in [0.1, 0.15) is 0 Å². The van der Waals surface area contributed by atoms with Gasteiger partial charge in [-0.05, 0) is 22.9 Å². The molecule has 0 aliphatic carbocycles. The molecule has 2 rings (SSSR count). The zero-order valence-electron chi connectivity index (χ0n) is 9.62. The average Bonchev–Trinajstić information content (AvgIpc) is 2.67. The van der Waals surface area contributed by atoms with Gasteiger partial charge in [0.25, 0.3) is 0 Å². The first-order valence-electron chi connectivity index (χ1n) is 4.94. The van der Waals surface area contributed by atoms with E-state index < -0.39 is 4.92 Å².